The molecule has 0 saturated heterocycles. The predicted octanol–water partition coefficient (Wildman–Crippen LogP) is 1.38. The minimum absolute atomic E-state index is 0.0188. The summed E-state index contributed by atoms with van der Waals surface area (Å²) in [5, 5.41) is 3.05. The van der Waals surface area contributed by atoms with Gasteiger partial charge in [0.1, 0.15) is 5.82 Å². The van der Waals surface area contributed by atoms with E-state index in [1.54, 1.807) is 0 Å². The standard InChI is InChI=1S/C12H17FN2O2S/c1-2-14-8-9-3-4-10(13)7-12(9)18(16,17)15-11-5-6-11/h3-4,7,11,14-15H,2,5-6,8H2,1H3. The van der Waals surface area contributed by atoms with E-state index in [0.29, 0.717) is 12.1 Å². The van der Waals surface area contributed by atoms with Gasteiger partial charge in [-0.15, -0.1) is 0 Å². The van der Waals surface area contributed by atoms with Gasteiger partial charge in [0.2, 0.25) is 10.0 Å². The molecule has 0 radical (unpaired) electrons. The van der Waals surface area contributed by atoms with Crippen molar-refractivity contribution in [1.29, 1.82) is 0 Å². The van der Waals surface area contributed by atoms with E-state index < -0.39 is 15.8 Å². The van der Waals surface area contributed by atoms with E-state index in [0.717, 1.165) is 25.5 Å². The molecule has 0 bridgehead atoms. The lowest BCUT2D eigenvalue weighted by Gasteiger charge is -2.11. The van der Waals surface area contributed by atoms with Gasteiger partial charge in [-0.05, 0) is 37.1 Å². The van der Waals surface area contributed by atoms with Crippen LogP contribution in [0.3, 0.4) is 0 Å². The summed E-state index contributed by atoms with van der Waals surface area (Å²) < 4.78 is 40.0. The van der Waals surface area contributed by atoms with Crippen LogP contribution in [0.25, 0.3) is 0 Å². The van der Waals surface area contributed by atoms with Gasteiger partial charge >= 0.3 is 0 Å². The Kier molecular flexibility index (Phi) is 3.99. The highest BCUT2D eigenvalue weighted by molar-refractivity contribution is 7.89. The molecule has 1 fully saturated rings. The van der Waals surface area contributed by atoms with Gasteiger partial charge in [0, 0.05) is 12.6 Å². The highest BCUT2D eigenvalue weighted by atomic mass is 32.2. The maximum absolute atomic E-state index is 13.2. The summed E-state index contributed by atoms with van der Waals surface area (Å²) in [6, 6.07) is 3.89. The van der Waals surface area contributed by atoms with Crippen LogP contribution in [0.1, 0.15) is 25.3 Å². The zero-order valence-corrected chi connectivity index (χ0v) is 11.1. The monoisotopic (exact) mass is 272 g/mol. The van der Waals surface area contributed by atoms with E-state index in [2.05, 4.69) is 10.0 Å². The first-order valence-electron chi connectivity index (χ1n) is 6.04. The summed E-state index contributed by atoms with van der Waals surface area (Å²) in [5.74, 6) is -0.536. The Morgan fingerprint density at radius 2 is 2.11 bits per heavy atom. The number of benzene rings is 1. The van der Waals surface area contributed by atoms with Crippen LogP contribution in [-0.2, 0) is 16.6 Å². The largest absolute Gasteiger partial charge is 0.313 e. The Labute approximate surface area is 107 Å². The fourth-order valence-electron chi connectivity index (χ4n) is 1.67. The Bertz CT molecular complexity index is 527. The number of hydrogen-bond acceptors (Lipinski definition) is 3. The van der Waals surface area contributed by atoms with Crippen molar-refractivity contribution in [1.82, 2.24) is 10.0 Å². The first-order chi connectivity index (χ1) is 8.53. The lowest BCUT2D eigenvalue weighted by molar-refractivity contribution is 0.573. The normalized spacial score (nSPS) is 15.9. The molecule has 1 aliphatic carbocycles. The average molecular weight is 272 g/mol. The maximum atomic E-state index is 13.2. The van der Waals surface area contributed by atoms with Crippen molar-refractivity contribution >= 4 is 10.0 Å². The molecule has 100 valence electrons. The first kappa shape index (κ1) is 13.5. The third-order valence-electron chi connectivity index (χ3n) is 2.78. The number of halogens is 1. The molecule has 0 unspecified atom stereocenters. The van der Waals surface area contributed by atoms with E-state index in [4.69, 9.17) is 0 Å². The molecule has 0 spiro atoms. The number of sulfonamides is 1. The van der Waals surface area contributed by atoms with Gasteiger partial charge in [-0.1, -0.05) is 13.0 Å². The molecule has 0 amide bonds. The Balaban J connectivity index is 2.30. The molecule has 1 aromatic rings. The van der Waals surface area contributed by atoms with Crippen molar-refractivity contribution < 1.29 is 12.8 Å². The second kappa shape index (κ2) is 5.34. The van der Waals surface area contributed by atoms with Crippen LogP contribution in [-0.4, -0.2) is 21.0 Å². The highest BCUT2D eigenvalue weighted by Crippen LogP contribution is 2.24. The summed E-state index contributed by atoms with van der Waals surface area (Å²) in [6.45, 7) is 3.07. The molecule has 1 aliphatic rings. The van der Waals surface area contributed by atoms with E-state index in [9.17, 15) is 12.8 Å². The van der Waals surface area contributed by atoms with E-state index in [-0.39, 0.29) is 10.9 Å². The molecule has 2 rings (SSSR count). The molecule has 2 N–H and O–H groups in total. The van der Waals surface area contributed by atoms with Crippen LogP contribution < -0.4 is 10.0 Å². The molecular weight excluding hydrogens is 255 g/mol. The van der Waals surface area contributed by atoms with Gasteiger partial charge < -0.3 is 5.32 Å². The number of nitrogens with one attached hydrogen (secondary N) is 2. The van der Waals surface area contributed by atoms with Gasteiger partial charge in [-0.3, -0.25) is 0 Å². The lowest BCUT2D eigenvalue weighted by atomic mass is 10.2. The van der Waals surface area contributed by atoms with Crippen molar-refractivity contribution in [2.45, 2.75) is 37.2 Å². The Morgan fingerprint density at radius 1 is 1.39 bits per heavy atom. The van der Waals surface area contributed by atoms with E-state index in [1.807, 2.05) is 6.92 Å². The second-order valence-electron chi connectivity index (χ2n) is 4.43. The quantitative estimate of drug-likeness (QED) is 0.822. The molecule has 1 aromatic carbocycles. The zero-order valence-electron chi connectivity index (χ0n) is 10.2. The molecule has 4 nitrogen and oxygen atoms in total. The molecule has 0 atom stereocenters. The van der Waals surface area contributed by atoms with Crippen molar-refractivity contribution in [3.05, 3.63) is 29.6 Å². The number of rotatable bonds is 6. The summed E-state index contributed by atoms with van der Waals surface area (Å²) in [4.78, 5) is 0.0374. The second-order valence-corrected chi connectivity index (χ2v) is 6.11. The fourth-order valence-corrected chi connectivity index (χ4v) is 3.22. The van der Waals surface area contributed by atoms with Crippen LogP contribution >= 0.6 is 0 Å². The number of hydrogen-bond donors (Lipinski definition) is 2. The smallest absolute Gasteiger partial charge is 0.241 e. The SMILES string of the molecule is CCNCc1ccc(F)cc1S(=O)(=O)NC1CC1. The van der Waals surface area contributed by atoms with Crippen molar-refractivity contribution in [2.24, 2.45) is 0 Å². The van der Waals surface area contributed by atoms with Crippen LogP contribution in [0.2, 0.25) is 0 Å². The van der Waals surface area contributed by atoms with Crippen LogP contribution in [0.5, 0.6) is 0 Å². The summed E-state index contributed by atoms with van der Waals surface area (Å²) in [5.41, 5.74) is 0.589. The minimum atomic E-state index is -3.61. The fraction of sp³-hybridized carbons (Fsp3) is 0.500. The lowest BCUT2D eigenvalue weighted by Crippen LogP contribution is -2.27. The summed E-state index contributed by atoms with van der Waals surface area (Å²) in [6.07, 6.45) is 1.72. The van der Waals surface area contributed by atoms with E-state index >= 15 is 0 Å². The van der Waals surface area contributed by atoms with Gasteiger partial charge in [0.15, 0.2) is 0 Å². The first-order valence-corrected chi connectivity index (χ1v) is 7.52. The van der Waals surface area contributed by atoms with Crippen molar-refractivity contribution in [2.75, 3.05) is 6.54 Å². The average Bonchev–Trinajstić information content (AvgIpc) is 3.10. The molecule has 1 saturated carbocycles. The maximum Gasteiger partial charge on any atom is 0.241 e. The van der Waals surface area contributed by atoms with E-state index in [1.165, 1.54) is 12.1 Å². The summed E-state index contributed by atoms with van der Waals surface area (Å²) in [7, 11) is -3.61. The Hall–Kier alpha value is -0.980. The third kappa shape index (κ3) is 3.28. The van der Waals surface area contributed by atoms with Gasteiger partial charge in [-0.25, -0.2) is 17.5 Å². The highest BCUT2D eigenvalue weighted by Gasteiger charge is 2.29. The van der Waals surface area contributed by atoms with Gasteiger partial charge in [-0.2, -0.15) is 0 Å². The molecule has 0 aliphatic heterocycles. The molecular formula is C12H17FN2O2S. The molecule has 0 heterocycles. The summed E-state index contributed by atoms with van der Waals surface area (Å²) >= 11 is 0. The topological polar surface area (TPSA) is 58.2 Å². The van der Waals surface area contributed by atoms with Crippen LogP contribution in [0.15, 0.2) is 23.1 Å². The predicted molar refractivity (Wildman–Crippen MR) is 67.1 cm³/mol. The Morgan fingerprint density at radius 3 is 2.72 bits per heavy atom. The zero-order chi connectivity index (χ0) is 13.2. The van der Waals surface area contributed by atoms with Crippen LogP contribution in [0.4, 0.5) is 4.39 Å². The van der Waals surface area contributed by atoms with Gasteiger partial charge in [0.05, 0.1) is 4.90 Å². The van der Waals surface area contributed by atoms with Gasteiger partial charge in [0.25, 0.3) is 0 Å². The van der Waals surface area contributed by atoms with Crippen LogP contribution in [0, 0.1) is 5.82 Å². The molecule has 18 heavy (non-hydrogen) atoms. The molecule has 0 aromatic heterocycles. The minimum Gasteiger partial charge on any atom is -0.313 e. The third-order valence-corrected chi connectivity index (χ3v) is 4.39. The van der Waals surface area contributed by atoms with Crippen molar-refractivity contribution in [3.8, 4) is 0 Å². The molecule has 6 heteroatoms. The van der Waals surface area contributed by atoms with Crippen molar-refractivity contribution in [3.63, 3.8) is 0 Å².